The van der Waals surface area contributed by atoms with E-state index >= 15 is 0 Å². The summed E-state index contributed by atoms with van der Waals surface area (Å²) in [5, 5.41) is 8.83. The molecule has 0 spiro atoms. The molecule has 0 saturated heterocycles. The predicted molar refractivity (Wildman–Crippen MR) is 85.6 cm³/mol. The van der Waals surface area contributed by atoms with E-state index in [1.807, 2.05) is 6.07 Å². The van der Waals surface area contributed by atoms with Gasteiger partial charge in [-0.25, -0.2) is 0 Å². The highest BCUT2D eigenvalue weighted by molar-refractivity contribution is 6.05. The first-order chi connectivity index (χ1) is 10.3. The summed E-state index contributed by atoms with van der Waals surface area (Å²) >= 11 is 0. The average molecular weight is 280 g/mol. The molecule has 1 saturated carbocycles. The molecule has 0 heterocycles. The van der Waals surface area contributed by atoms with Crippen molar-refractivity contribution in [2.24, 2.45) is 5.92 Å². The first-order valence-corrected chi connectivity index (χ1v) is 7.85. The third-order valence-electron chi connectivity index (χ3n) is 4.57. The van der Waals surface area contributed by atoms with Crippen LogP contribution in [-0.2, 0) is 17.6 Å². The summed E-state index contributed by atoms with van der Waals surface area (Å²) in [6, 6.07) is 10.6. The van der Waals surface area contributed by atoms with Gasteiger partial charge in [-0.05, 0) is 60.7 Å². The molecule has 3 nitrogen and oxygen atoms in total. The van der Waals surface area contributed by atoms with E-state index in [0.717, 1.165) is 31.0 Å². The Hall–Kier alpha value is -1.87. The topological polar surface area (TPSA) is 41.1 Å². The molecule has 1 fully saturated rings. The molecule has 2 aliphatic rings. The monoisotopic (exact) mass is 280 g/mol. The van der Waals surface area contributed by atoms with Crippen molar-refractivity contribution >= 4 is 22.4 Å². The molecule has 4 rings (SSSR count). The van der Waals surface area contributed by atoms with E-state index < -0.39 is 0 Å². The van der Waals surface area contributed by atoms with Crippen LogP contribution in [-0.4, -0.2) is 19.0 Å². The summed E-state index contributed by atoms with van der Waals surface area (Å²) < 4.78 is 0. The fourth-order valence-electron chi connectivity index (χ4n) is 3.26. The molecule has 0 unspecified atom stereocenters. The van der Waals surface area contributed by atoms with Gasteiger partial charge in [0.1, 0.15) is 0 Å². The van der Waals surface area contributed by atoms with Gasteiger partial charge in [0.25, 0.3) is 0 Å². The van der Waals surface area contributed by atoms with Crippen LogP contribution in [0.5, 0.6) is 0 Å². The first kappa shape index (κ1) is 12.8. The van der Waals surface area contributed by atoms with Crippen molar-refractivity contribution in [1.82, 2.24) is 5.32 Å². The second-order valence-electron chi connectivity index (χ2n) is 6.23. The molecule has 0 atom stereocenters. The summed E-state index contributed by atoms with van der Waals surface area (Å²) in [6.45, 7) is 1.37. The maximum atomic E-state index is 12.1. The number of aryl methyl sites for hydroxylation is 2. The second-order valence-corrected chi connectivity index (χ2v) is 6.23. The Balaban J connectivity index is 1.52. The molecule has 1 amide bonds. The molecule has 3 heteroatoms. The highest BCUT2D eigenvalue weighted by Crippen LogP contribution is 2.34. The first-order valence-electron chi connectivity index (χ1n) is 7.85. The number of nitrogens with one attached hydrogen (secondary N) is 2. The quantitative estimate of drug-likeness (QED) is 0.884. The van der Waals surface area contributed by atoms with Crippen LogP contribution in [0.3, 0.4) is 0 Å². The predicted octanol–water partition coefficient (Wildman–Crippen LogP) is 2.88. The highest BCUT2D eigenvalue weighted by atomic mass is 16.1. The van der Waals surface area contributed by atoms with E-state index in [1.165, 1.54) is 34.7 Å². The molecule has 0 bridgehead atoms. The Kier molecular flexibility index (Phi) is 3.15. The van der Waals surface area contributed by atoms with Gasteiger partial charge in [-0.1, -0.05) is 24.3 Å². The van der Waals surface area contributed by atoms with Crippen LogP contribution >= 0.6 is 0 Å². The highest BCUT2D eigenvalue weighted by Gasteiger charge is 2.21. The third-order valence-corrected chi connectivity index (χ3v) is 4.57. The number of carbonyl (C=O) groups is 1. The van der Waals surface area contributed by atoms with Gasteiger partial charge in [0.2, 0.25) is 5.91 Å². The van der Waals surface area contributed by atoms with Crippen LogP contribution in [0.15, 0.2) is 30.3 Å². The fraction of sp³-hybridized carbons (Fsp3) is 0.389. The number of benzene rings is 2. The summed E-state index contributed by atoms with van der Waals surface area (Å²) in [7, 11) is 0. The van der Waals surface area contributed by atoms with Gasteiger partial charge in [0.05, 0.1) is 6.54 Å². The van der Waals surface area contributed by atoms with Gasteiger partial charge in [0, 0.05) is 11.1 Å². The van der Waals surface area contributed by atoms with Crippen molar-refractivity contribution in [3.05, 3.63) is 41.5 Å². The van der Waals surface area contributed by atoms with Crippen LogP contribution < -0.4 is 10.6 Å². The number of hydrogen-bond donors (Lipinski definition) is 2. The molecule has 2 aromatic rings. The van der Waals surface area contributed by atoms with Gasteiger partial charge in [0.15, 0.2) is 0 Å². The summed E-state index contributed by atoms with van der Waals surface area (Å²) in [5.41, 5.74) is 3.76. The Morgan fingerprint density at radius 3 is 2.71 bits per heavy atom. The van der Waals surface area contributed by atoms with E-state index in [1.54, 1.807) is 0 Å². The minimum Gasteiger partial charge on any atom is -0.324 e. The zero-order valence-electron chi connectivity index (χ0n) is 12.1. The Morgan fingerprint density at radius 2 is 1.90 bits per heavy atom. The van der Waals surface area contributed by atoms with E-state index in [-0.39, 0.29) is 5.91 Å². The normalized spacial score (nSPS) is 16.4. The number of hydrogen-bond acceptors (Lipinski definition) is 2. The number of anilines is 1. The van der Waals surface area contributed by atoms with E-state index in [2.05, 4.69) is 34.9 Å². The smallest absolute Gasteiger partial charge is 0.238 e. The third kappa shape index (κ3) is 2.54. The van der Waals surface area contributed by atoms with Crippen LogP contribution in [0.4, 0.5) is 5.69 Å². The molecule has 21 heavy (non-hydrogen) atoms. The lowest BCUT2D eigenvalue weighted by molar-refractivity contribution is -0.115. The maximum Gasteiger partial charge on any atom is 0.238 e. The molecular formula is C18H20N2O. The van der Waals surface area contributed by atoms with Gasteiger partial charge in [-0.15, -0.1) is 0 Å². The van der Waals surface area contributed by atoms with Crippen molar-refractivity contribution in [3.8, 4) is 0 Å². The van der Waals surface area contributed by atoms with Crippen molar-refractivity contribution in [2.45, 2.75) is 25.7 Å². The summed E-state index contributed by atoms with van der Waals surface area (Å²) in [4.78, 5) is 12.1. The van der Waals surface area contributed by atoms with Crippen LogP contribution in [0.25, 0.3) is 10.8 Å². The maximum absolute atomic E-state index is 12.1. The number of carbonyl (C=O) groups excluding carboxylic acids is 1. The summed E-state index contributed by atoms with van der Waals surface area (Å²) in [6.07, 6.45) is 4.85. The minimum atomic E-state index is 0.0503. The zero-order chi connectivity index (χ0) is 14.2. The average Bonchev–Trinajstić information content (AvgIpc) is 3.22. The number of rotatable bonds is 5. The lowest BCUT2D eigenvalue weighted by atomic mass is 10.0. The van der Waals surface area contributed by atoms with Crippen molar-refractivity contribution < 1.29 is 4.79 Å². The van der Waals surface area contributed by atoms with Gasteiger partial charge in [-0.2, -0.15) is 0 Å². The molecule has 0 radical (unpaired) electrons. The second kappa shape index (κ2) is 5.15. The van der Waals surface area contributed by atoms with E-state index in [0.29, 0.717) is 6.54 Å². The van der Waals surface area contributed by atoms with Crippen molar-refractivity contribution in [1.29, 1.82) is 0 Å². The van der Waals surface area contributed by atoms with E-state index in [4.69, 9.17) is 0 Å². The Labute approximate surface area is 124 Å². The van der Waals surface area contributed by atoms with Crippen LogP contribution in [0, 0.1) is 5.92 Å². The number of amides is 1. The van der Waals surface area contributed by atoms with E-state index in [9.17, 15) is 4.79 Å². The van der Waals surface area contributed by atoms with Gasteiger partial charge >= 0.3 is 0 Å². The fourth-order valence-corrected chi connectivity index (χ4v) is 3.26. The molecule has 2 aliphatic carbocycles. The van der Waals surface area contributed by atoms with Gasteiger partial charge in [-0.3, -0.25) is 4.79 Å². The molecule has 0 aromatic heterocycles. The van der Waals surface area contributed by atoms with Crippen molar-refractivity contribution in [2.75, 3.05) is 18.4 Å². The zero-order valence-corrected chi connectivity index (χ0v) is 12.1. The molecule has 2 aromatic carbocycles. The molecular weight excluding hydrogens is 260 g/mol. The lowest BCUT2D eigenvalue weighted by Gasteiger charge is -2.11. The standard InChI is InChI=1S/C18H20N2O/c21-17(11-19-10-12-4-5-12)20-16-9-8-14-7-6-13-2-1-3-15(16)18(13)14/h1-3,8-9,12,19H,4-7,10-11H2,(H,20,21). The van der Waals surface area contributed by atoms with Crippen LogP contribution in [0.1, 0.15) is 24.0 Å². The summed E-state index contributed by atoms with van der Waals surface area (Å²) in [5.74, 6) is 0.851. The largest absolute Gasteiger partial charge is 0.324 e. The van der Waals surface area contributed by atoms with Crippen molar-refractivity contribution in [3.63, 3.8) is 0 Å². The minimum absolute atomic E-state index is 0.0503. The molecule has 108 valence electrons. The molecule has 2 N–H and O–H groups in total. The van der Waals surface area contributed by atoms with Gasteiger partial charge < -0.3 is 10.6 Å². The van der Waals surface area contributed by atoms with Crippen LogP contribution in [0.2, 0.25) is 0 Å². The lowest BCUT2D eigenvalue weighted by Crippen LogP contribution is -2.29. The Bertz CT molecular complexity index is 693. The Morgan fingerprint density at radius 1 is 1.10 bits per heavy atom. The SMILES string of the molecule is O=C(CNCC1CC1)Nc1ccc2c3c(cccc13)CC2. The molecule has 0 aliphatic heterocycles.